The Bertz CT molecular complexity index is 1230. The molecule has 184 valence electrons. The lowest BCUT2D eigenvalue weighted by molar-refractivity contribution is -0.117. The third kappa shape index (κ3) is 4.85. The van der Waals surface area contributed by atoms with Gasteiger partial charge in [0.2, 0.25) is 0 Å². The van der Waals surface area contributed by atoms with Gasteiger partial charge in [-0.2, -0.15) is 10.2 Å². The average molecular weight is 479 g/mol. The van der Waals surface area contributed by atoms with Crippen LogP contribution in [0.4, 0.5) is 4.39 Å². The second-order valence-electron chi connectivity index (χ2n) is 9.61. The Labute approximate surface area is 204 Å². The zero-order valence-electron chi connectivity index (χ0n) is 20.2. The molecule has 1 aromatic carbocycles. The summed E-state index contributed by atoms with van der Waals surface area (Å²) in [6.07, 6.45) is 10.2. The van der Waals surface area contributed by atoms with E-state index < -0.39 is 11.4 Å². The molecule has 1 aliphatic carbocycles. The van der Waals surface area contributed by atoms with Crippen molar-refractivity contribution < 1.29 is 13.9 Å². The molecule has 2 N–H and O–H groups in total. The SMILES string of the molecule is CCCCCCOc1ccc(C2(C)CC(c3ccn(C4CC4)n3)=C(c3ncn[nH]3)C(=O)N2)c(F)c1. The first-order valence-electron chi connectivity index (χ1n) is 12.4. The Kier molecular flexibility index (Phi) is 6.40. The largest absolute Gasteiger partial charge is 0.493 e. The van der Waals surface area contributed by atoms with Crippen molar-refractivity contribution in [2.45, 2.75) is 70.4 Å². The van der Waals surface area contributed by atoms with Crippen LogP contribution in [-0.2, 0) is 10.3 Å². The van der Waals surface area contributed by atoms with Gasteiger partial charge in [0.1, 0.15) is 17.9 Å². The summed E-state index contributed by atoms with van der Waals surface area (Å²) in [5.41, 5.74) is 1.22. The fraction of sp³-hybridized carbons (Fsp3) is 0.462. The molecular formula is C26H31FN6O2. The second kappa shape index (κ2) is 9.64. The van der Waals surface area contributed by atoms with E-state index in [2.05, 4.69) is 27.4 Å². The highest BCUT2D eigenvalue weighted by atomic mass is 19.1. The van der Waals surface area contributed by atoms with Crippen molar-refractivity contribution in [1.29, 1.82) is 0 Å². The molecule has 8 nitrogen and oxygen atoms in total. The molecule has 2 aromatic heterocycles. The smallest absolute Gasteiger partial charge is 0.256 e. The van der Waals surface area contributed by atoms with E-state index in [1.807, 2.05) is 23.9 Å². The summed E-state index contributed by atoms with van der Waals surface area (Å²) >= 11 is 0. The predicted octanol–water partition coefficient (Wildman–Crippen LogP) is 4.78. The Morgan fingerprint density at radius 2 is 2.09 bits per heavy atom. The zero-order valence-corrected chi connectivity index (χ0v) is 20.2. The van der Waals surface area contributed by atoms with Gasteiger partial charge in [0.25, 0.3) is 5.91 Å². The van der Waals surface area contributed by atoms with E-state index in [0.29, 0.717) is 53.0 Å². The van der Waals surface area contributed by atoms with Crippen molar-refractivity contribution in [3.8, 4) is 5.75 Å². The van der Waals surface area contributed by atoms with E-state index in [9.17, 15) is 4.79 Å². The van der Waals surface area contributed by atoms with Crippen LogP contribution in [-0.4, -0.2) is 37.5 Å². The first kappa shape index (κ1) is 23.3. The monoisotopic (exact) mass is 478 g/mol. The molecule has 1 amide bonds. The van der Waals surface area contributed by atoms with E-state index in [1.54, 1.807) is 12.1 Å². The summed E-state index contributed by atoms with van der Waals surface area (Å²) in [6.45, 7) is 4.56. The lowest BCUT2D eigenvalue weighted by Gasteiger charge is -2.37. The minimum Gasteiger partial charge on any atom is -0.493 e. The van der Waals surface area contributed by atoms with Crippen molar-refractivity contribution >= 4 is 17.1 Å². The maximum absolute atomic E-state index is 15.4. The molecule has 0 radical (unpaired) electrons. The predicted molar refractivity (Wildman–Crippen MR) is 130 cm³/mol. The molecule has 0 spiro atoms. The number of carbonyl (C=O) groups excluding carboxylic acids is 1. The van der Waals surface area contributed by atoms with E-state index in [0.717, 1.165) is 32.1 Å². The maximum atomic E-state index is 15.4. The average Bonchev–Trinajstić information content (AvgIpc) is 3.32. The van der Waals surface area contributed by atoms with Gasteiger partial charge in [0.05, 0.1) is 29.5 Å². The number of amides is 1. The molecule has 3 aromatic rings. The molecule has 35 heavy (non-hydrogen) atoms. The minimum absolute atomic E-state index is 0.345. The van der Waals surface area contributed by atoms with Gasteiger partial charge in [0.15, 0.2) is 5.82 Å². The Morgan fingerprint density at radius 3 is 2.80 bits per heavy atom. The molecule has 1 atom stereocenters. The molecule has 1 unspecified atom stereocenters. The molecule has 1 fully saturated rings. The third-order valence-electron chi connectivity index (χ3n) is 6.74. The maximum Gasteiger partial charge on any atom is 0.256 e. The highest BCUT2D eigenvalue weighted by molar-refractivity contribution is 6.27. The van der Waals surface area contributed by atoms with Crippen LogP contribution in [0.1, 0.15) is 81.9 Å². The molecule has 2 aliphatic rings. The van der Waals surface area contributed by atoms with Crippen LogP contribution < -0.4 is 10.1 Å². The number of aromatic nitrogens is 5. The van der Waals surface area contributed by atoms with Crippen LogP contribution in [0, 0.1) is 5.82 Å². The number of rotatable bonds is 10. The first-order valence-corrected chi connectivity index (χ1v) is 12.4. The minimum atomic E-state index is -0.969. The lowest BCUT2D eigenvalue weighted by Crippen LogP contribution is -2.48. The van der Waals surface area contributed by atoms with Crippen molar-refractivity contribution in [2.75, 3.05) is 6.61 Å². The highest BCUT2D eigenvalue weighted by Gasteiger charge is 2.41. The van der Waals surface area contributed by atoms with Crippen molar-refractivity contribution in [3.05, 3.63) is 59.7 Å². The summed E-state index contributed by atoms with van der Waals surface area (Å²) in [5, 5.41) is 14.5. The number of hydrogen-bond acceptors (Lipinski definition) is 5. The van der Waals surface area contributed by atoms with Crippen molar-refractivity contribution in [3.63, 3.8) is 0 Å². The van der Waals surface area contributed by atoms with E-state index >= 15 is 4.39 Å². The van der Waals surface area contributed by atoms with Gasteiger partial charge in [-0.15, -0.1) is 0 Å². The molecule has 3 heterocycles. The molecule has 1 aliphatic heterocycles. The van der Waals surface area contributed by atoms with Crippen LogP contribution in [0.15, 0.2) is 36.8 Å². The molecule has 5 rings (SSSR count). The molecule has 0 bridgehead atoms. The number of nitrogens with one attached hydrogen (secondary N) is 2. The third-order valence-corrected chi connectivity index (χ3v) is 6.74. The summed E-state index contributed by atoms with van der Waals surface area (Å²) in [5.74, 6) is 0.106. The summed E-state index contributed by atoms with van der Waals surface area (Å²) in [7, 11) is 0. The van der Waals surface area contributed by atoms with Gasteiger partial charge in [0, 0.05) is 24.2 Å². The number of ether oxygens (including phenoxy) is 1. The summed E-state index contributed by atoms with van der Waals surface area (Å²) < 4.78 is 23.0. The second-order valence-corrected chi connectivity index (χ2v) is 9.61. The van der Waals surface area contributed by atoms with Crippen LogP contribution in [0.2, 0.25) is 0 Å². The fourth-order valence-corrected chi connectivity index (χ4v) is 4.69. The summed E-state index contributed by atoms with van der Waals surface area (Å²) in [4.78, 5) is 17.6. The molecule has 1 saturated carbocycles. The number of aromatic amines is 1. The Hall–Kier alpha value is -3.49. The van der Waals surface area contributed by atoms with Gasteiger partial charge in [-0.25, -0.2) is 9.37 Å². The number of unbranched alkanes of at least 4 members (excludes halogenated alkanes) is 3. The molecular weight excluding hydrogens is 447 g/mol. The van der Waals surface area contributed by atoms with Gasteiger partial charge in [-0.1, -0.05) is 32.3 Å². The highest BCUT2D eigenvalue weighted by Crippen LogP contribution is 2.42. The fourth-order valence-electron chi connectivity index (χ4n) is 4.69. The van der Waals surface area contributed by atoms with Crippen LogP contribution in [0.5, 0.6) is 5.75 Å². The van der Waals surface area contributed by atoms with Crippen molar-refractivity contribution in [1.82, 2.24) is 30.3 Å². The van der Waals surface area contributed by atoms with E-state index in [-0.39, 0.29) is 5.91 Å². The Balaban J connectivity index is 1.44. The van der Waals surface area contributed by atoms with Gasteiger partial charge >= 0.3 is 0 Å². The quantitative estimate of drug-likeness (QED) is 0.409. The lowest BCUT2D eigenvalue weighted by atomic mass is 9.79. The normalized spacial score (nSPS) is 20.3. The molecule has 9 heteroatoms. The van der Waals surface area contributed by atoms with Gasteiger partial charge in [-0.05, 0) is 43.9 Å². The number of nitrogens with zero attached hydrogens (tertiary/aromatic N) is 4. The summed E-state index contributed by atoms with van der Waals surface area (Å²) in [6, 6.07) is 7.20. The van der Waals surface area contributed by atoms with Crippen LogP contribution in [0.25, 0.3) is 11.1 Å². The van der Waals surface area contributed by atoms with Gasteiger partial charge < -0.3 is 10.1 Å². The number of H-pyrrole nitrogens is 1. The topological polar surface area (TPSA) is 97.7 Å². The first-order chi connectivity index (χ1) is 17.0. The number of halogens is 1. The molecule has 0 saturated heterocycles. The number of hydrogen-bond donors (Lipinski definition) is 2. The number of carbonyl (C=O) groups is 1. The van der Waals surface area contributed by atoms with E-state index in [4.69, 9.17) is 9.84 Å². The Morgan fingerprint density at radius 1 is 1.23 bits per heavy atom. The van der Waals surface area contributed by atoms with Crippen LogP contribution in [0.3, 0.4) is 0 Å². The van der Waals surface area contributed by atoms with Gasteiger partial charge in [-0.3, -0.25) is 14.6 Å². The standard InChI is InChI=1S/C26H31FN6O2/c1-3-4-5-6-13-35-18-9-10-20(21(27)14-18)26(2)15-19(22-11-12-33(32-22)17-7-8-17)23(25(34)30-26)24-28-16-29-31-24/h9-12,14,16-17H,3-8,13,15H2,1-2H3,(H,30,34)(H,28,29,31). The van der Waals surface area contributed by atoms with Crippen molar-refractivity contribution in [2.24, 2.45) is 0 Å². The van der Waals surface area contributed by atoms with Crippen LogP contribution >= 0.6 is 0 Å². The number of benzene rings is 1. The zero-order chi connectivity index (χ0) is 24.4. The van der Waals surface area contributed by atoms with E-state index in [1.165, 1.54) is 18.8 Å².